The Labute approximate surface area is 212 Å². The molecule has 9 nitrogen and oxygen atoms in total. The number of amides is 1. The van der Waals surface area contributed by atoms with Gasteiger partial charge >= 0.3 is 6.18 Å². The Morgan fingerprint density at radius 1 is 1.14 bits per heavy atom. The van der Waals surface area contributed by atoms with E-state index in [1.165, 1.54) is 6.07 Å². The molecule has 2 aromatic rings. The number of halogens is 3. The molecule has 2 fully saturated rings. The van der Waals surface area contributed by atoms with Crippen LogP contribution in [0.4, 0.5) is 30.4 Å². The summed E-state index contributed by atoms with van der Waals surface area (Å²) in [5, 5.41) is 14.0. The summed E-state index contributed by atoms with van der Waals surface area (Å²) >= 11 is 0. The van der Waals surface area contributed by atoms with Crippen molar-refractivity contribution in [3.63, 3.8) is 0 Å². The zero-order valence-electron chi connectivity index (χ0n) is 20.5. The van der Waals surface area contributed by atoms with Crippen LogP contribution in [-0.4, -0.2) is 59.0 Å². The van der Waals surface area contributed by atoms with Gasteiger partial charge in [-0.1, -0.05) is 13.0 Å². The SMILES string of the molecule is CCC(=O)N1CCN(c2cccc(OC3CCC(Nc4ccc([N+](=O)[O-])c(C(F)(F)F)c4)CC3)n2)CC1. The summed E-state index contributed by atoms with van der Waals surface area (Å²) in [6.45, 7) is 4.60. The van der Waals surface area contributed by atoms with Gasteiger partial charge in [-0.05, 0) is 43.9 Å². The van der Waals surface area contributed by atoms with Crippen molar-refractivity contribution in [1.82, 2.24) is 9.88 Å². The summed E-state index contributed by atoms with van der Waals surface area (Å²) in [5.74, 6) is 1.48. The number of rotatable bonds is 7. The lowest BCUT2D eigenvalue weighted by molar-refractivity contribution is -0.388. The molecule has 200 valence electrons. The Morgan fingerprint density at radius 2 is 1.84 bits per heavy atom. The van der Waals surface area contributed by atoms with E-state index >= 15 is 0 Å². The van der Waals surface area contributed by atoms with E-state index in [4.69, 9.17) is 4.74 Å². The van der Waals surface area contributed by atoms with Crippen molar-refractivity contribution in [1.29, 1.82) is 0 Å². The second kappa shape index (κ2) is 11.2. The molecule has 12 heteroatoms. The van der Waals surface area contributed by atoms with Gasteiger partial charge in [0.15, 0.2) is 0 Å². The second-order valence-electron chi connectivity index (χ2n) is 9.28. The summed E-state index contributed by atoms with van der Waals surface area (Å²) in [5.41, 5.74) is -2.01. The minimum absolute atomic E-state index is 0.0659. The topological polar surface area (TPSA) is 101 Å². The van der Waals surface area contributed by atoms with E-state index in [1.54, 1.807) is 6.07 Å². The molecule has 2 aliphatic rings. The maximum Gasteiger partial charge on any atom is 0.423 e. The van der Waals surface area contributed by atoms with Crippen LogP contribution in [-0.2, 0) is 11.0 Å². The van der Waals surface area contributed by atoms with Gasteiger partial charge in [-0.15, -0.1) is 0 Å². The third-order valence-electron chi connectivity index (χ3n) is 6.80. The number of carbonyl (C=O) groups is 1. The predicted molar refractivity (Wildman–Crippen MR) is 132 cm³/mol. The highest BCUT2D eigenvalue weighted by atomic mass is 19.4. The van der Waals surface area contributed by atoms with Gasteiger partial charge in [0.05, 0.1) is 4.92 Å². The van der Waals surface area contributed by atoms with E-state index in [1.807, 2.05) is 24.0 Å². The van der Waals surface area contributed by atoms with Crippen molar-refractivity contribution in [2.24, 2.45) is 0 Å². The number of nitrogens with zero attached hydrogens (tertiary/aromatic N) is 4. The van der Waals surface area contributed by atoms with Gasteiger partial charge in [0, 0.05) is 56.5 Å². The van der Waals surface area contributed by atoms with E-state index in [0.29, 0.717) is 64.2 Å². The van der Waals surface area contributed by atoms with Crippen molar-refractivity contribution < 1.29 is 27.6 Å². The van der Waals surface area contributed by atoms with E-state index in [2.05, 4.69) is 15.2 Å². The standard InChI is InChI=1S/C25H30F3N5O4/c1-2-24(34)32-14-12-31(13-15-32)22-4-3-5-23(30-22)37-19-9-6-17(7-10-19)29-18-8-11-21(33(35)36)20(16-18)25(26,27)28/h3-5,8,11,16-17,19,29H,2,6-7,9-10,12-15H2,1H3. The number of nitro groups is 1. The first-order chi connectivity index (χ1) is 17.6. The highest BCUT2D eigenvalue weighted by Gasteiger charge is 2.38. The smallest absolute Gasteiger partial charge is 0.423 e. The zero-order chi connectivity index (χ0) is 26.6. The number of carbonyl (C=O) groups excluding carboxylic acids is 1. The highest BCUT2D eigenvalue weighted by molar-refractivity contribution is 5.76. The molecule has 2 heterocycles. The monoisotopic (exact) mass is 521 g/mol. The number of hydrogen-bond donors (Lipinski definition) is 1. The fraction of sp³-hybridized carbons (Fsp3) is 0.520. The highest BCUT2D eigenvalue weighted by Crippen LogP contribution is 2.38. The predicted octanol–water partition coefficient (Wildman–Crippen LogP) is 4.87. The van der Waals surface area contributed by atoms with Crippen LogP contribution < -0.4 is 15.0 Å². The molecule has 1 aromatic heterocycles. The van der Waals surface area contributed by atoms with Crippen LogP contribution in [0.25, 0.3) is 0 Å². The van der Waals surface area contributed by atoms with Gasteiger partial charge in [0.2, 0.25) is 11.8 Å². The lowest BCUT2D eigenvalue weighted by Crippen LogP contribution is -2.48. The minimum atomic E-state index is -4.81. The van der Waals surface area contributed by atoms with E-state index < -0.39 is 22.4 Å². The molecule has 37 heavy (non-hydrogen) atoms. The number of nitro benzene ring substituents is 1. The molecule has 1 saturated carbocycles. The molecule has 1 aromatic carbocycles. The molecule has 0 unspecified atom stereocenters. The molecule has 1 amide bonds. The molecule has 0 spiro atoms. The summed E-state index contributed by atoms with van der Waals surface area (Å²) in [7, 11) is 0. The van der Waals surface area contributed by atoms with Gasteiger partial charge in [0.25, 0.3) is 5.69 Å². The average Bonchev–Trinajstić information content (AvgIpc) is 2.89. The van der Waals surface area contributed by atoms with Crippen molar-refractivity contribution in [3.8, 4) is 5.88 Å². The summed E-state index contributed by atoms with van der Waals surface area (Å²) in [6, 6.07) is 8.55. The number of nitrogens with one attached hydrogen (secondary N) is 1. The molecule has 1 N–H and O–H groups in total. The summed E-state index contributed by atoms with van der Waals surface area (Å²) in [6.07, 6.45) is -1.63. The van der Waals surface area contributed by atoms with E-state index in [9.17, 15) is 28.1 Å². The van der Waals surface area contributed by atoms with E-state index in [-0.39, 0.29) is 23.7 Å². The molecule has 4 rings (SSSR count). The largest absolute Gasteiger partial charge is 0.474 e. The van der Waals surface area contributed by atoms with Crippen molar-refractivity contribution in [2.75, 3.05) is 36.4 Å². The third kappa shape index (κ3) is 6.60. The van der Waals surface area contributed by atoms with Crippen LogP contribution in [0.2, 0.25) is 0 Å². The lowest BCUT2D eigenvalue weighted by atomic mass is 9.92. The van der Waals surface area contributed by atoms with Crippen LogP contribution in [0.1, 0.15) is 44.6 Å². The normalized spacial score (nSPS) is 20.4. The first-order valence-corrected chi connectivity index (χ1v) is 12.4. The summed E-state index contributed by atoms with van der Waals surface area (Å²) in [4.78, 5) is 30.5. The van der Waals surface area contributed by atoms with Gasteiger partial charge in [-0.25, -0.2) is 0 Å². The molecule has 0 atom stereocenters. The fourth-order valence-electron chi connectivity index (χ4n) is 4.80. The Hall–Kier alpha value is -3.57. The van der Waals surface area contributed by atoms with Crippen molar-refractivity contribution in [2.45, 2.75) is 57.3 Å². The number of benzene rings is 1. The molecular formula is C25H30F3N5O4. The van der Waals surface area contributed by atoms with Crippen LogP contribution in [0.5, 0.6) is 5.88 Å². The first kappa shape index (κ1) is 26.5. The van der Waals surface area contributed by atoms with Gasteiger partial charge in [-0.3, -0.25) is 14.9 Å². The number of alkyl halides is 3. The zero-order valence-corrected chi connectivity index (χ0v) is 20.5. The first-order valence-electron chi connectivity index (χ1n) is 12.4. The van der Waals surface area contributed by atoms with Gasteiger partial charge < -0.3 is 19.9 Å². The maximum atomic E-state index is 13.3. The fourth-order valence-corrected chi connectivity index (χ4v) is 4.80. The number of ether oxygens (including phenoxy) is 1. The van der Waals surface area contributed by atoms with Gasteiger partial charge in [-0.2, -0.15) is 18.2 Å². The Balaban J connectivity index is 1.30. The number of hydrogen-bond acceptors (Lipinski definition) is 7. The third-order valence-corrected chi connectivity index (χ3v) is 6.80. The minimum Gasteiger partial charge on any atom is -0.474 e. The van der Waals surface area contributed by atoms with Crippen LogP contribution in [0.15, 0.2) is 36.4 Å². The van der Waals surface area contributed by atoms with Crippen LogP contribution in [0, 0.1) is 10.1 Å². The Kier molecular flexibility index (Phi) is 8.03. The molecule has 0 radical (unpaired) electrons. The number of piperazine rings is 1. The molecule has 1 aliphatic heterocycles. The van der Waals surface area contributed by atoms with Crippen molar-refractivity contribution >= 4 is 23.1 Å². The quantitative estimate of drug-likeness (QED) is 0.410. The number of aromatic nitrogens is 1. The Morgan fingerprint density at radius 3 is 2.46 bits per heavy atom. The number of pyridine rings is 1. The van der Waals surface area contributed by atoms with Crippen molar-refractivity contribution in [3.05, 3.63) is 52.1 Å². The molecular weight excluding hydrogens is 491 g/mol. The average molecular weight is 522 g/mol. The molecule has 1 aliphatic carbocycles. The van der Waals surface area contributed by atoms with Gasteiger partial charge in [0.1, 0.15) is 17.5 Å². The van der Waals surface area contributed by atoms with Crippen LogP contribution >= 0.6 is 0 Å². The Bertz CT molecular complexity index is 1110. The summed E-state index contributed by atoms with van der Waals surface area (Å²) < 4.78 is 45.9. The van der Waals surface area contributed by atoms with E-state index in [0.717, 1.165) is 18.0 Å². The maximum absolute atomic E-state index is 13.3. The molecule has 1 saturated heterocycles. The second-order valence-corrected chi connectivity index (χ2v) is 9.28. The molecule has 0 bridgehead atoms. The van der Waals surface area contributed by atoms with Crippen LogP contribution in [0.3, 0.4) is 0 Å². The number of anilines is 2. The lowest BCUT2D eigenvalue weighted by Gasteiger charge is -2.35.